The third-order valence-corrected chi connectivity index (χ3v) is 3.30. The highest BCUT2D eigenvalue weighted by Gasteiger charge is 2.07. The minimum Gasteiger partial charge on any atom is -0.449 e. The van der Waals surface area contributed by atoms with E-state index < -0.39 is 0 Å². The SMILES string of the molecule is C=C(NCCOCCOCC)c1ccc(C(=O)OCC#CC(C)C)cc1. The second kappa shape index (κ2) is 13.0. The van der Waals surface area contributed by atoms with Crippen molar-refractivity contribution in [1.29, 1.82) is 0 Å². The first kappa shape index (κ1) is 21.8. The van der Waals surface area contributed by atoms with Crippen molar-refractivity contribution >= 4 is 11.7 Å². The average Bonchev–Trinajstić information content (AvgIpc) is 2.64. The van der Waals surface area contributed by atoms with Gasteiger partial charge in [0.15, 0.2) is 6.61 Å². The molecule has 0 aliphatic rings. The van der Waals surface area contributed by atoms with E-state index in [1.165, 1.54) is 0 Å². The van der Waals surface area contributed by atoms with E-state index in [0.29, 0.717) is 38.5 Å². The molecule has 1 rings (SSSR count). The van der Waals surface area contributed by atoms with Crippen LogP contribution in [0.4, 0.5) is 0 Å². The quantitative estimate of drug-likeness (QED) is 0.374. The topological polar surface area (TPSA) is 56.8 Å². The van der Waals surface area contributed by atoms with Gasteiger partial charge >= 0.3 is 5.97 Å². The number of rotatable bonds is 11. The van der Waals surface area contributed by atoms with Gasteiger partial charge in [0.1, 0.15) is 0 Å². The highest BCUT2D eigenvalue weighted by atomic mass is 16.5. The number of hydrogen-bond donors (Lipinski definition) is 1. The van der Waals surface area contributed by atoms with Gasteiger partial charge in [0, 0.05) is 24.8 Å². The lowest BCUT2D eigenvalue weighted by atomic mass is 10.1. The number of nitrogens with one attached hydrogen (secondary N) is 1. The number of benzene rings is 1. The Labute approximate surface area is 156 Å². The Bertz CT molecular complexity index is 611. The fourth-order valence-corrected chi connectivity index (χ4v) is 1.98. The lowest BCUT2D eigenvalue weighted by molar-refractivity contribution is 0.0549. The second-order valence-electron chi connectivity index (χ2n) is 5.84. The molecule has 0 bridgehead atoms. The smallest absolute Gasteiger partial charge is 0.339 e. The van der Waals surface area contributed by atoms with Crippen LogP contribution in [0.1, 0.15) is 36.7 Å². The standard InChI is InChI=1S/C21H29NO4/c1-5-24-15-16-25-14-12-22-18(4)19-8-10-20(11-9-19)21(23)26-13-6-7-17(2)3/h8-11,17,22H,4-5,12-16H2,1-3H3. The van der Waals surface area contributed by atoms with E-state index in [4.69, 9.17) is 14.2 Å². The maximum absolute atomic E-state index is 11.9. The zero-order valence-electron chi connectivity index (χ0n) is 16.0. The molecule has 0 unspecified atom stereocenters. The van der Waals surface area contributed by atoms with Crippen LogP contribution in [0.15, 0.2) is 30.8 Å². The van der Waals surface area contributed by atoms with Gasteiger partial charge in [0.05, 0.1) is 25.4 Å². The summed E-state index contributed by atoms with van der Waals surface area (Å²) in [5.41, 5.74) is 2.18. The van der Waals surface area contributed by atoms with Gasteiger partial charge in [-0.15, -0.1) is 0 Å². The molecule has 0 aliphatic heterocycles. The molecule has 5 heteroatoms. The Hall–Kier alpha value is -2.29. The molecular weight excluding hydrogens is 330 g/mol. The van der Waals surface area contributed by atoms with Crippen molar-refractivity contribution in [3.63, 3.8) is 0 Å². The number of ether oxygens (including phenoxy) is 3. The van der Waals surface area contributed by atoms with Crippen molar-refractivity contribution in [2.75, 3.05) is 39.6 Å². The van der Waals surface area contributed by atoms with Crippen LogP contribution in [0.25, 0.3) is 5.70 Å². The van der Waals surface area contributed by atoms with Gasteiger partial charge in [-0.3, -0.25) is 0 Å². The summed E-state index contributed by atoms with van der Waals surface area (Å²) in [7, 11) is 0. The summed E-state index contributed by atoms with van der Waals surface area (Å²) >= 11 is 0. The molecule has 1 aromatic rings. The molecule has 0 fully saturated rings. The van der Waals surface area contributed by atoms with Gasteiger partial charge in [-0.05, 0) is 24.6 Å². The van der Waals surface area contributed by atoms with Gasteiger partial charge in [-0.1, -0.05) is 44.4 Å². The van der Waals surface area contributed by atoms with Crippen LogP contribution in [-0.4, -0.2) is 45.5 Å². The summed E-state index contributed by atoms with van der Waals surface area (Å²) in [6, 6.07) is 7.11. The van der Waals surface area contributed by atoms with Crippen molar-refractivity contribution < 1.29 is 19.0 Å². The van der Waals surface area contributed by atoms with E-state index in [9.17, 15) is 4.79 Å². The molecule has 0 heterocycles. The Kier molecular flexibility index (Phi) is 10.9. The third-order valence-electron chi connectivity index (χ3n) is 3.30. The van der Waals surface area contributed by atoms with Crippen LogP contribution in [0, 0.1) is 17.8 Å². The van der Waals surface area contributed by atoms with Crippen molar-refractivity contribution in [3.8, 4) is 11.8 Å². The van der Waals surface area contributed by atoms with Crippen LogP contribution in [-0.2, 0) is 14.2 Å². The molecule has 26 heavy (non-hydrogen) atoms. The van der Waals surface area contributed by atoms with E-state index in [0.717, 1.165) is 11.3 Å². The first-order valence-electron chi connectivity index (χ1n) is 8.88. The van der Waals surface area contributed by atoms with Gasteiger partial charge < -0.3 is 19.5 Å². The molecular formula is C21H29NO4. The average molecular weight is 359 g/mol. The molecule has 0 aliphatic carbocycles. The third kappa shape index (κ3) is 9.26. The molecule has 0 atom stereocenters. The summed E-state index contributed by atoms with van der Waals surface area (Å²) in [5.74, 6) is 5.66. The molecule has 142 valence electrons. The lowest BCUT2D eigenvalue weighted by Gasteiger charge is -2.11. The first-order chi connectivity index (χ1) is 12.5. The fourth-order valence-electron chi connectivity index (χ4n) is 1.98. The predicted octanol–water partition coefficient (Wildman–Crippen LogP) is 3.12. The molecule has 0 amide bonds. The Morgan fingerprint density at radius 1 is 1.12 bits per heavy atom. The van der Waals surface area contributed by atoms with E-state index in [2.05, 4.69) is 23.7 Å². The van der Waals surface area contributed by atoms with Gasteiger partial charge in [0.25, 0.3) is 0 Å². The Morgan fingerprint density at radius 3 is 2.42 bits per heavy atom. The summed E-state index contributed by atoms with van der Waals surface area (Å²) in [6.45, 7) is 13.2. The molecule has 1 N–H and O–H groups in total. The van der Waals surface area contributed by atoms with Crippen molar-refractivity contribution in [1.82, 2.24) is 5.32 Å². The zero-order chi connectivity index (χ0) is 19.2. The maximum atomic E-state index is 11.9. The van der Waals surface area contributed by atoms with Gasteiger partial charge in [-0.2, -0.15) is 0 Å². The van der Waals surface area contributed by atoms with Crippen LogP contribution in [0.3, 0.4) is 0 Å². The number of esters is 1. The first-order valence-corrected chi connectivity index (χ1v) is 8.88. The summed E-state index contributed by atoms with van der Waals surface area (Å²) in [6.07, 6.45) is 0. The van der Waals surface area contributed by atoms with Crippen molar-refractivity contribution in [2.45, 2.75) is 20.8 Å². The van der Waals surface area contributed by atoms with Gasteiger partial charge in [0.2, 0.25) is 0 Å². The molecule has 0 radical (unpaired) electrons. The molecule has 0 saturated heterocycles. The number of hydrogen-bond acceptors (Lipinski definition) is 5. The maximum Gasteiger partial charge on any atom is 0.339 e. The van der Waals surface area contributed by atoms with E-state index >= 15 is 0 Å². The van der Waals surface area contributed by atoms with Crippen LogP contribution >= 0.6 is 0 Å². The molecule has 1 aromatic carbocycles. The predicted molar refractivity (Wildman–Crippen MR) is 104 cm³/mol. The summed E-state index contributed by atoms with van der Waals surface area (Å²) in [5, 5.41) is 3.20. The van der Waals surface area contributed by atoms with Gasteiger partial charge in [-0.25, -0.2) is 4.79 Å². The normalized spacial score (nSPS) is 10.2. The van der Waals surface area contributed by atoms with Crippen LogP contribution in [0.2, 0.25) is 0 Å². The number of carbonyl (C=O) groups is 1. The monoisotopic (exact) mass is 359 g/mol. The highest BCUT2D eigenvalue weighted by Crippen LogP contribution is 2.11. The lowest BCUT2D eigenvalue weighted by Crippen LogP contribution is -2.19. The molecule has 0 aromatic heterocycles. The summed E-state index contributed by atoms with van der Waals surface area (Å²) < 4.78 is 15.7. The zero-order valence-corrected chi connectivity index (χ0v) is 16.0. The Morgan fingerprint density at radius 2 is 1.77 bits per heavy atom. The van der Waals surface area contributed by atoms with Crippen LogP contribution in [0.5, 0.6) is 0 Å². The Balaban J connectivity index is 2.33. The summed E-state index contributed by atoms with van der Waals surface area (Å²) in [4.78, 5) is 11.9. The van der Waals surface area contributed by atoms with E-state index in [1.807, 2.05) is 32.9 Å². The largest absolute Gasteiger partial charge is 0.449 e. The molecule has 5 nitrogen and oxygen atoms in total. The van der Waals surface area contributed by atoms with Crippen molar-refractivity contribution in [3.05, 3.63) is 42.0 Å². The minimum atomic E-state index is -0.379. The number of carbonyl (C=O) groups excluding carboxylic acids is 1. The van der Waals surface area contributed by atoms with E-state index in [-0.39, 0.29) is 18.5 Å². The van der Waals surface area contributed by atoms with Crippen LogP contribution < -0.4 is 5.32 Å². The minimum absolute atomic E-state index is 0.107. The fraction of sp³-hybridized carbons (Fsp3) is 0.476. The highest BCUT2D eigenvalue weighted by molar-refractivity contribution is 5.89. The second-order valence-corrected chi connectivity index (χ2v) is 5.84. The van der Waals surface area contributed by atoms with Crippen molar-refractivity contribution in [2.24, 2.45) is 5.92 Å². The molecule has 0 saturated carbocycles. The molecule has 0 spiro atoms. The van der Waals surface area contributed by atoms with E-state index in [1.54, 1.807) is 12.1 Å².